The van der Waals surface area contributed by atoms with Crippen molar-refractivity contribution >= 4 is 17.9 Å². The second kappa shape index (κ2) is 7.10. The molecule has 106 valence electrons. The molecule has 0 saturated carbocycles. The molecule has 21 heavy (non-hydrogen) atoms. The molecule has 2 aromatic rings. The Hall–Kier alpha value is -2.81. The summed E-state index contributed by atoms with van der Waals surface area (Å²) in [6.45, 7) is 0. The molecule has 3 heteroatoms. The number of carbonyl (C=O) groups excluding carboxylic acids is 1. The number of para-hydroxylation sites is 2. The molecule has 0 saturated heterocycles. The van der Waals surface area contributed by atoms with Crippen LogP contribution in [0.4, 0.5) is 0 Å². The monoisotopic (exact) mass is 280 g/mol. The fourth-order valence-electron chi connectivity index (χ4n) is 1.83. The molecule has 3 nitrogen and oxygen atoms in total. The molecule has 1 N–H and O–H groups in total. The summed E-state index contributed by atoms with van der Waals surface area (Å²) in [6, 6.07) is 14.3. The van der Waals surface area contributed by atoms with Crippen molar-refractivity contribution in [2.45, 2.75) is 0 Å². The maximum absolute atomic E-state index is 11.8. The number of phenols is 1. The van der Waals surface area contributed by atoms with Crippen LogP contribution in [0.5, 0.6) is 11.5 Å². The molecule has 2 aromatic carbocycles. The van der Waals surface area contributed by atoms with Crippen LogP contribution in [0.3, 0.4) is 0 Å². The average Bonchev–Trinajstić information content (AvgIpc) is 2.52. The van der Waals surface area contributed by atoms with Crippen molar-refractivity contribution < 1.29 is 14.6 Å². The maximum atomic E-state index is 11.8. The van der Waals surface area contributed by atoms with E-state index in [-0.39, 0.29) is 11.5 Å². The summed E-state index contributed by atoms with van der Waals surface area (Å²) >= 11 is 0. The molecule has 0 atom stereocenters. The summed E-state index contributed by atoms with van der Waals surface area (Å²) in [5.41, 5.74) is 1.45. The quantitative estimate of drug-likeness (QED) is 0.849. The number of methoxy groups -OCH3 is 1. The third-order valence-electron chi connectivity index (χ3n) is 2.93. The van der Waals surface area contributed by atoms with Gasteiger partial charge in [0.2, 0.25) is 0 Å². The summed E-state index contributed by atoms with van der Waals surface area (Å²) in [5.74, 6) is 0.700. The first-order valence-corrected chi connectivity index (χ1v) is 6.52. The van der Waals surface area contributed by atoms with Crippen molar-refractivity contribution in [3.05, 3.63) is 71.8 Å². The molecule has 0 aliphatic rings. The topological polar surface area (TPSA) is 46.5 Å². The van der Waals surface area contributed by atoms with Crippen molar-refractivity contribution in [2.75, 3.05) is 7.11 Å². The van der Waals surface area contributed by atoms with Crippen LogP contribution >= 0.6 is 0 Å². The van der Waals surface area contributed by atoms with Gasteiger partial charge in [0, 0.05) is 11.1 Å². The first kappa shape index (κ1) is 14.6. The van der Waals surface area contributed by atoms with E-state index in [4.69, 9.17) is 4.74 Å². The smallest absolute Gasteiger partial charge is 0.178 e. The lowest BCUT2D eigenvalue weighted by atomic mass is 10.1. The summed E-state index contributed by atoms with van der Waals surface area (Å²) in [4.78, 5) is 11.8. The fraction of sp³-hybridized carbons (Fsp3) is 0.0556. The third kappa shape index (κ3) is 4.08. The number of ether oxygens (including phenoxy) is 1. The first-order valence-electron chi connectivity index (χ1n) is 6.52. The van der Waals surface area contributed by atoms with E-state index in [0.717, 1.165) is 5.56 Å². The lowest BCUT2D eigenvalue weighted by molar-refractivity contribution is -0.110. The van der Waals surface area contributed by atoms with Crippen molar-refractivity contribution in [1.29, 1.82) is 0 Å². The number of allylic oxidation sites excluding steroid dienone is 2. The molecular formula is C18H16O3. The van der Waals surface area contributed by atoms with Crippen LogP contribution in [0.1, 0.15) is 11.1 Å². The number of phenolic OH excluding ortho intramolecular Hbond substituents is 1. The highest BCUT2D eigenvalue weighted by atomic mass is 16.5. The Morgan fingerprint density at radius 1 is 0.952 bits per heavy atom. The van der Waals surface area contributed by atoms with Crippen LogP contribution in [-0.2, 0) is 4.79 Å². The Morgan fingerprint density at radius 3 is 2.19 bits per heavy atom. The Labute approximate surface area is 123 Å². The van der Waals surface area contributed by atoms with Crippen LogP contribution < -0.4 is 4.74 Å². The number of aromatic hydroxyl groups is 1. The van der Waals surface area contributed by atoms with E-state index in [2.05, 4.69) is 0 Å². The maximum Gasteiger partial charge on any atom is 0.178 e. The zero-order valence-electron chi connectivity index (χ0n) is 11.7. The molecule has 0 fully saturated rings. The predicted molar refractivity (Wildman–Crippen MR) is 84.2 cm³/mol. The number of benzene rings is 2. The summed E-state index contributed by atoms with van der Waals surface area (Å²) in [5, 5.41) is 9.60. The van der Waals surface area contributed by atoms with Crippen LogP contribution in [0.2, 0.25) is 0 Å². The second-order valence-corrected chi connectivity index (χ2v) is 4.37. The minimum Gasteiger partial charge on any atom is -0.507 e. The Kier molecular flexibility index (Phi) is 4.94. The van der Waals surface area contributed by atoms with Crippen LogP contribution in [0.25, 0.3) is 12.2 Å². The lowest BCUT2D eigenvalue weighted by Crippen LogP contribution is -1.88. The highest BCUT2D eigenvalue weighted by Gasteiger charge is 1.98. The predicted octanol–water partition coefficient (Wildman–Crippen LogP) is 3.70. The summed E-state index contributed by atoms with van der Waals surface area (Å²) in [6.07, 6.45) is 6.18. The highest BCUT2D eigenvalue weighted by molar-refractivity contribution is 6.04. The van der Waals surface area contributed by atoms with Gasteiger partial charge < -0.3 is 9.84 Å². The Balaban J connectivity index is 2.08. The van der Waals surface area contributed by atoms with Gasteiger partial charge in [-0.2, -0.15) is 0 Å². The molecule has 0 aliphatic carbocycles. The molecule has 0 heterocycles. The molecule has 0 aliphatic heterocycles. The van der Waals surface area contributed by atoms with Crippen molar-refractivity contribution in [1.82, 2.24) is 0 Å². The summed E-state index contributed by atoms with van der Waals surface area (Å²) in [7, 11) is 1.59. The lowest BCUT2D eigenvalue weighted by Gasteiger charge is -2.02. The van der Waals surface area contributed by atoms with E-state index in [1.54, 1.807) is 43.5 Å². The number of hydrogen-bond acceptors (Lipinski definition) is 3. The van der Waals surface area contributed by atoms with Gasteiger partial charge in [0.25, 0.3) is 0 Å². The van der Waals surface area contributed by atoms with Gasteiger partial charge in [-0.3, -0.25) is 4.79 Å². The fourth-order valence-corrected chi connectivity index (χ4v) is 1.83. The third-order valence-corrected chi connectivity index (χ3v) is 2.93. The van der Waals surface area contributed by atoms with E-state index < -0.39 is 0 Å². The molecular weight excluding hydrogens is 264 g/mol. The Bertz CT molecular complexity index is 684. The van der Waals surface area contributed by atoms with Gasteiger partial charge in [-0.15, -0.1) is 0 Å². The second-order valence-electron chi connectivity index (χ2n) is 4.37. The van der Waals surface area contributed by atoms with Gasteiger partial charge >= 0.3 is 0 Å². The van der Waals surface area contributed by atoms with E-state index in [9.17, 15) is 9.90 Å². The van der Waals surface area contributed by atoms with Crippen LogP contribution in [0, 0.1) is 0 Å². The molecule has 0 radical (unpaired) electrons. The van der Waals surface area contributed by atoms with Crippen molar-refractivity contribution in [2.24, 2.45) is 0 Å². The van der Waals surface area contributed by atoms with Crippen LogP contribution in [-0.4, -0.2) is 18.0 Å². The number of ketones is 1. The van der Waals surface area contributed by atoms with Gasteiger partial charge in [0.1, 0.15) is 11.5 Å². The summed E-state index contributed by atoms with van der Waals surface area (Å²) < 4.78 is 5.21. The van der Waals surface area contributed by atoms with Gasteiger partial charge in [-0.25, -0.2) is 0 Å². The van der Waals surface area contributed by atoms with Gasteiger partial charge in [0.15, 0.2) is 5.78 Å². The van der Waals surface area contributed by atoms with E-state index in [1.807, 2.05) is 24.3 Å². The molecule has 0 aromatic heterocycles. The Morgan fingerprint density at radius 2 is 1.52 bits per heavy atom. The van der Waals surface area contributed by atoms with Gasteiger partial charge in [-0.05, 0) is 36.4 Å². The number of hydrogen-bond donors (Lipinski definition) is 1. The average molecular weight is 280 g/mol. The highest BCUT2D eigenvalue weighted by Crippen LogP contribution is 2.19. The van der Waals surface area contributed by atoms with Crippen molar-refractivity contribution in [3.63, 3.8) is 0 Å². The number of rotatable bonds is 5. The standard InChI is InChI=1S/C18H16O3/c1-21-18-9-5-3-7-15(18)11-13-16(19)12-10-14-6-2-4-8-17(14)20/h2-13,20H,1H3/b12-10-,13-11-. The van der Waals surface area contributed by atoms with Crippen LogP contribution in [0.15, 0.2) is 60.7 Å². The SMILES string of the molecule is COc1ccccc1/C=C\C(=O)/C=C\c1ccccc1O. The van der Waals surface area contributed by atoms with Crippen molar-refractivity contribution in [3.8, 4) is 11.5 Å². The molecule has 0 amide bonds. The normalized spacial score (nSPS) is 11.1. The minimum absolute atomic E-state index is 0.148. The van der Waals surface area contributed by atoms with Gasteiger partial charge in [0.05, 0.1) is 7.11 Å². The molecule has 2 rings (SSSR count). The zero-order valence-corrected chi connectivity index (χ0v) is 11.7. The largest absolute Gasteiger partial charge is 0.507 e. The molecule has 0 bridgehead atoms. The number of carbonyl (C=O) groups is 1. The van der Waals surface area contributed by atoms with E-state index in [1.165, 1.54) is 12.2 Å². The van der Waals surface area contributed by atoms with E-state index in [0.29, 0.717) is 11.3 Å². The minimum atomic E-state index is -0.163. The van der Waals surface area contributed by atoms with E-state index >= 15 is 0 Å². The molecule has 0 spiro atoms. The first-order chi connectivity index (χ1) is 10.2. The molecule has 0 unspecified atom stereocenters. The zero-order chi connectivity index (χ0) is 15.1. The van der Waals surface area contributed by atoms with Gasteiger partial charge in [-0.1, -0.05) is 36.4 Å².